The molecule has 0 saturated heterocycles. The Bertz CT molecular complexity index is 882. The van der Waals surface area contributed by atoms with Gasteiger partial charge in [-0.2, -0.15) is 0 Å². The van der Waals surface area contributed by atoms with E-state index in [9.17, 15) is 0 Å². The number of hydrogen-bond donors (Lipinski definition) is 0. The fraction of sp³-hybridized carbons (Fsp3) is 0.0909. The molecule has 0 heteroatoms. The largest absolute Gasteiger partial charge is 0.0696 e. The maximum atomic E-state index is 3.20. The quantitative estimate of drug-likeness (QED) is 0.515. The minimum Gasteiger partial charge on any atom is -0.0696 e. The molecule has 0 heterocycles. The van der Waals surface area contributed by atoms with E-state index in [0.717, 1.165) is 5.56 Å². The van der Waals surface area contributed by atoms with Crippen LogP contribution in [-0.2, 0) is 0 Å². The van der Waals surface area contributed by atoms with Gasteiger partial charge in [0, 0.05) is 5.56 Å². The van der Waals surface area contributed by atoms with Crippen LogP contribution in [0.5, 0.6) is 0 Å². The van der Waals surface area contributed by atoms with Crippen molar-refractivity contribution in [2.75, 3.05) is 0 Å². The fourth-order valence-electron chi connectivity index (χ4n) is 2.62. The molecule has 106 valence electrons. The number of rotatable bonds is 1. The normalized spacial score (nSPS) is 10.6. The van der Waals surface area contributed by atoms with Gasteiger partial charge in [-0.1, -0.05) is 54.3 Å². The van der Waals surface area contributed by atoms with Gasteiger partial charge in [0.25, 0.3) is 0 Å². The van der Waals surface area contributed by atoms with E-state index in [2.05, 4.69) is 92.4 Å². The lowest BCUT2D eigenvalue weighted by Gasteiger charge is -1.98. The molecule has 0 aliphatic heterocycles. The lowest BCUT2D eigenvalue weighted by atomic mass is 10.1. The van der Waals surface area contributed by atoms with Gasteiger partial charge in [0.1, 0.15) is 0 Å². The highest BCUT2D eigenvalue weighted by molar-refractivity contribution is 5.84. The molecule has 0 aliphatic carbocycles. The summed E-state index contributed by atoms with van der Waals surface area (Å²) >= 11 is 0. The molecule has 0 spiro atoms. The van der Waals surface area contributed by atoms with E-state index in [1.807, 2.05) is 6.08 Å². The Balaban J connectivity index is 1.80. The van der Waals surface area contributed by atoms with Crippen molar-refractivity contribution in [3.8, 4) is 11.8 Å². The van der Waals surface area contributed by atoms with Crippen molar-refractivity contribution in [2.45, 2.75) is 13.8 Å². The van der Waals surface area contributed by atoms with Gasteiger partial charge in [0.05, 0.1) is 0 Å². The van der Waals surface area contributed by atoms with E-state index in [4.69, 9.17) is 0 Å². The Morgan fingerprint density at radius 3 is 2.27 bits per heavy atom. The van der Waals surface area contributed by atoms with E-state index in [1.54, 1.807) is 0 Å². The lowest BCUT2D eigenvalue weighted by molar-refractivity contribution is 1.37. The molecule has 22 heavy (non-hydrogen) atoms. The van der Waals surface area contributed by atoms with Crippen LogP contribution in [0.1, 0.15) is 22.3 Å². The van der Waals surface area contributed by atoms with Gasteiger partial charge in [-0.05, 0) is 71.7 Å². The number of hydrogen-bond acceptors (Lipinski definition) is 0. The molecule has 0 aliphatic rings. The first kappa shape index (κ1) is 14.2. The molecule has 0 N–H and O–H groups in total. The zero-order chi connectivity index (χ0) is 15.4. The predicted molar refractivity (Wildman–Crippen MR) is 95.8 cm³/mol. The molecule has 0 fully saturated rings. The molecule has 0 aromatic heterocycles. The van der Waals surface area contributed by atoms with Gasteiger partial charge in [0.2, 0.25) is 0 Å². The van der Waals surface area contributed by atoms with E-state index in [-0.39, 0.29) is 0 Å². The fourth-order valence-corrected chi connectivity index (χ4v) is 2.62. The molecular formula is C22H18. The molecule has 0 radical (unpaired) electrons. The molecule has 0 saturated carbocycles. The minimum atomic E-state index is 1.07. The maximum Gasteiger partial charge on any atom is 0.0254 e. The summed E-state index contributed by atoms with van der Waals surface area (Å²) in [4.78, 5) is 0. The van der Waals surface area contributed by atoms with Crippen molar-refractivity contribution in [3.05, 3.63) is 89.0 Å². The molecule has 0 amide bonds. The highest BCUT2D eigenvalue weighted by Crippen LogP contribution is 2.16. The molecule has 0 atom stereocenters. The van der Waals surface area contributed by atoms with Crippen LogP contribution in [0.15, 0.2) is 66.7 Å². The Hall–Kier alpha value is -2.78. The molecular weight excluding hydrogens is 264 g/mol. The monoisotopic (exact) mass is 282 g/mol. The Labute approximate surface area is 132 Å². The highest BCUT2D eigenvalue weighted by atomic mass is 14.0. The van der Waals surface area contributed by atoms with E-state index >= 15 is 0 Å². The average molecular weight is 282 g/mol. The van der Waals surface area contributed by atoms with Crippen LogP contribution >= 0.6 is 0 Å². The van der Waals surface area contributed by atoms with Crippen molar-refractivity contribution in [1.29, 1.82) is 0 Å². The van der Waals surface area contributed by atoms with Crippen molar-refractivity contribution >= 4 is 16.8 Å². The second-order valence-corrected chi connectivity index (χ2v) is 5.59. The van der Waals surface area contributed by atoms with Crippen LogP contribution in [0.3, 0.4) is 0 Å². The summed E-state index contributed by atoms with van der Waals surface area (Å²) in [5, 5.41) is 2.52. The molecule has 3 rings (SSSR count). The standard InChI is InChI=1S/C22H18/c1-17-13-18(2)15-20(14-17)8-4-3-7-19-11-12-21-9-5-6-10-22(21)16-19/h3,5-7,9-16H,1-2H3. The topological polar surface area (TPSA) is 0 Å². The molecule has 0 nitrogen and oxygen atoms in total. The van der Waals surface area contributed by atoms with Crippen LogP contribution in [0.25, 0.3) is 16.8 Å². The number of aryl methyl sites for hydroxylation is 2. The van der Waals surface area contributed by atoms with Gasteiger partial charge in [0.15, 0.2) is 0 Å². The Morgan fingerprint density at radius 2 is 1.50 bits per heavy atom. The maximum absolute atomic E-state index is 3.20. The summed E-state index contributed by atoms with van der Waals surface area (Å²) in [6, 6.07) is 21.2. The number of benzene rings is 3. The minimum absolute atomic E-state index is 1.07. The first-order valence-corrected chi connectivity index (χ1v) is 7.46. The van der Waals surface area contributed by atoms with Crippen LogP contribution in [0.2, 0.25) is 0 Å². The Morgan fingerprint density at radius 1 is 0.773 bits per heavy atom. The van der Waals surface area contributed by atoms with Crippen LogP contribution in [0.4, 0.5) is 0 Å². The van der Waals surface area contributed by atoms with Crippen LogP contribution < -0.4 is 0 Å². The van der Waals surface area contributed by atoms with Gasteiger partial charge < -0.3 is 0 Å². The SMILES string of the molecule is Cc1cc(C)cc(C#CC=Cc2ccc3ccccc3c2)c1. The van der Waals surface area contributed by atoms with E-state index in [1.165, 1.54) is 27.5 Å². The van der Waals surface area contributed by atoms with Crippen molar-refractivity contribution in [2.24, 2.45) is 0 Å². The second kappa shape index (κ2) is 6.33. The third-order valence-corrected chi connectivity index (χ3v) is 3.57. The smallest absolute Gasteiger partial charge is 0.0254 e. The van der Waals surface area contributed by atoms with Crippen LogP contribution in [-0.4, -0.2) is 0 Å². The third-order valence-electron chi connectivity index (χ3n) is 3.57. The lowest BCUT2D eigenvalue weighted by Crippen LogP contribution is -1.80. The third kappa shape index (κ3) is 3.45. The van der Waals surface area contributed by atoms with Gasteiger partial charge >= 0.3 is 0 Å². The summed E-state index contributed by atoms with van der Waals surface area (Å²) in [5.74, 6) is 6.32. The number of fused-ring (bicyclic) bond motifs is 1. The van der Waals surface area contributed by atoms with Crippen molar-refractivity contribution < 1.29 is 0 Å². The van der Waals surface area contributed by atoms with Crippen LogP contribution in [0, 0.1) is 25.7 Å². The first-order valence-electron chi connectivity index (χ1n) is 7.46. The van der Waals surface area contributed by atoms with Crippen molar-refractivity contribution in [1.82, 2.24) is 0 Å². The summed E-state index contributed by atoms with van der Waals surface area (Å²) in [6.07, 6.45) is 3.98. The van der Waals surface area contributed by atoms with Gasteiger partial charge in [-0.25, -0.2) is 0 Å². The second-order valence-electron chi connectivity index (χ2n) is 5.59. The summed E-state index contributed by atoms with van der Waals surface area (Å²) in [7, 11) is 0. The zero-order valence-electron chi connectivity index (χ0n) is 12.9. The molecule has 0 bridgehead atoms. The summed E-state index contributed by atoms with van der Waals surface area (Å²) in [6.45, 7) is 4.20. The van der Waals surface area contributed by atoms with Crippen molar-refractivity contribution in [3.63, 3.8) is 0 Å². The van der Waals surface area contributed by atoms with Gasteiger partial charge in [-0.15, -0.1) is 0 Å². The average Bonchev–Trinajstić information content (AvgIpc) is 2.50. The molecule has 0 unspecified atom stereocenters. The first-order chi connectivity index (χ1) is 10.7. The van der Waals surface area contributed by atoms with E-state index in [0.29, 0.717) is 0 Å². The predicted octanol–water partition coefficient (Wildman–Crippen LogP) is 5.52. The Kier molecular flexibility index (Phi) is 4.08. The molecule has 3 aromatic carbocycles. The van der Waals surface area contributed by atoms with E-state index < -0.39 is 0 Å². The van der Waals surface area contributed by atoms with Gasteiger partial charge in [-0.3, -0.25) is 0 Å². The number of allylic oxidation sites excluding steroid dienone is 1. The summed E-state index contributed by atoms with van der Waals surface area (Å²) in [5.41, 5.74) is 4.75. The summed E-state index contributed by atoms with van der Waals surface area (Å²) < 4.78 is 0. The molecule has 3 aromatic rings. The highest BCUT2D eigenvalue weighted by Gasteiger charge is 1.93. The zero-order valence-corrected chi connectivity index (χ0v) is 12.9.